The highest BCUT2D eigenvalue weighted by Gasteiger charge is 2.09. The Bertz CT molecular complexity index is 622. The van der Waals surface area contributed by atoms with Crippen molar-refractivity contribution >= 4 is 17.3 Å². The lowest BCUT2D eigenvalue weighted by Gasteiger charge is -2.11. The van der Waals surface area contributed by atoms with Gasteiger partial charge in [-0.25, -0.2) is 0 Å². The monoisotopic (exact) mass is 288 g/mol. The fourth-order valence-corrected chi connectivity index (χ4v) is 1.97. The first-order chi connectivity index (χ1) is 10.2. The van der Waals surface area contributed by atoms with Gasteiger partial charge in [-0.05, 0) is 32.0 Å². The van der Waals surface area contributed by atoms with Crippen molar-refractivity contribution < 1.29 is 4.79 Å². The molecule has 0 saturated heterocycles. The van der Waals surface area contributed by atoms with Gasteiger partial charge in [0.2, 0.25) is 0 Å². The zero-order valence-corrected chi connectivity index (χ0v) is 12.3. The van der Waals surface area contributed by atoms with Crippen LogP contribution in [0.15, 0.2) is 24.5 Å². The number of nitrogens with two attached hydrogens (primary N) is 1. The first-order valence-electron chi connectivity index (χ1n) is 6.94. The zero-order valence-electron chi connectivity index (χ0n) is 12.3. The van der Waals surface area contributed by atoms with Gasteiger partial charge in [-0.1, -0.05) is 0 Å². The average Bonchev–Trinajstić information content (AvgIpc) is 2.94. The molecule has 2 rings (SSSR count). The second-order valence-electron chi connectivity index (χ2n) is 4.55. The summed E-state index contributed by atoms with van der Waals surface area (Å²) >= 11 is 0. The Kier molecular flexibility index (Phi) is 4.76. The highest BCUT2D eigenvalue weighted by atomic mass is 16.1. The summed E-state index contributed by atoms with van der Waals surface area (Å²) in [4.78, 5) is 11.8. The highest BCUT2D eigenvalue weighted by molar-refractivity contribution is 5.96. The summed E-state index contributed by atoms with van der Waals surface area (Å²) < 4.78 is 1.94. The second kappa shape index (κ2) is 6.74. The van der Waals surface area contributed by atoms with Crippen LogP contribution in [0.3, 0.4) is 0 Å². The molecule has 21 heavy (non-hydrogen) atoms. The van der Waals surface area contributed by atoms with E-state index in [9.17, 15) is 4.79 Å². The van der Waals surface area contributed by atoms with Gasteiger partial charge in [-0.2, -0.15) is 0 Å². The molecule has 7 heteroatoms. The molecule has 0 radical (unpaired) electrons. The van der Waals surface area contributed by atoms with E-state index in [-0.39, 0.29) is 5.91 Å². The third kappa shape index (κ3) is 3.50. The summed E-state index contributed by atoms with van der Waals surface area (Å²) in [5.74, 6) is 0.706. The Hall–Kier alpha value is -2.57. The van der Waals surface area contributed by atoms with Crippen molar-refractivity contribution in [3.05, 3.63) is 35.9 Å². The van der Waals surface area contributed by atoms with Gasteiger partial charge in [0, 0.05) is 18.7 Å². The number of amides is 1. The van der Waals surface area contributed by atoms with Gasteiger partial charge < -0.3 is 20.9 Å². The number of rotatable bonds is 6. The van der Waals surface area contributed by atoms with Crippen molar-refractivity contribution in [3.63, 3.8) is 0 Å². The van der Waals surface area contributed by atoms with Crippen LogP contribution in [-0.2, 0) is 13.1 Å². The maximum atomic E-state index is 11.8. The van der Waals surface area contributed by atoms with Crippen LogP contribution in [0.1, 0.15) is 30.0 Å². The molecule has 0 unspecified atom stereocenters. The summed E-state index contributed by atoms with van der Waals surface area (Å²) in [7, 11) is 0. The number of aromatic nitrogens is 3. The van der Waals surface area contributed by atoms with E-state index in [4.69, 9.17) is 5.73 Å². The first kappa shape index (κ1) is 14.8. The third-order valence-corrected chi connectivity index (χ3v) is 3.13. The fourth-order valence-electron chi connectivity index (χ4n) is 1.97. The minimum Gasteiger partial charge on any atom is -0.397 e. The minimum atomic E-state index is -0.114. The Balaban J connectivity index is 2.12. The molecule has 0 fully saturated rings. The van der Waals surface area contributed by atoms with E-state index in [1.54, 1.807) is 24.5 Å². The van der Waals surface area contributed by atoms with E-state index in [2.05, 4.69) is 20.8 Å². The van der Waals surface area contributed by atoms with E-state index < -0.39 is 0 Å². The fraction of sp³-hybridized carbons (Fsp3) is 0.357. The number of nitrogen functional groups attached to an aromatic ring is 1. The lowest BCUT2D eigenvalue weighted by atomic mass is 10.1. The molecule has 1 heterocycles. The van der Waals surface area contributed by atoms with Gasteiger partial charge >= 0.3 is 0 Å². The minimum absolute atomic E-state index is 0.114. The number of benzene rings is 1. The summed E-state index contributed by atoms with van der Waals surface area (Å²) in [5.41, 5.74) is 7.81. The van der Waals surface area contributed by atoms with Crippen molar-refractivity contribution in [2.24, 2.45) is 0 Å². The van der Waals surface area contributed by atoms with Crippen LogP contribution in [0.2, 0.25) is 0 Å². The van der Waals surface area contributed by atoms with Gasteiger partial charge in [0.25, 0.3) is 5.91 Å². The molecule has 0 aliphatic carbocycles. The number of hydrogen-bond donors (Lipinski definition) is 3. The van der Waals surface area contributed by atoms with Gasteiger partial charge in [0.15, 0.2) is 5.82 Å². The van der Waals surface area contributed by atoms with Crippen LogP contribution in [-0.4, -0.2) is 27.2 Å². The molecular weight excluding hydrogens is 268 g/mol. The summed E-state index contributed by atoms with van der Waals surface area (Å²) in [5, 5.41) is 13.9. The third-order valence-electron chi connectivity index (χ3n) is 3.13. The summed E-state index contributed by atoms with van der Waals surface area (Å²) in [6.07, 6.45) is 1.69. The largest absolute Gasteiger partial charge is 0.397 e. The van der Waals surface area contributed by atoms with E-state index in [1.165, 1.54) is 0 Å². The Morgan fingerprint density at radius 1 is 1.38 bits per heavy atom. The van der Waals surface area contributed by atoms with E-state index >= 15 is 0 Å². The maximum absolute atomic E-state index is 11.8. The van der Waals surface area contributed by atoms with Crippen molar-refractivity contribution in [1.29, 1.82) is 0 Å². The number of carbonyl (C=O) groups is 1. The molecule has 1 aromatic heterocycles. The van der Waals surface area contributed by atoms with Gasteiger partial charge in [-0.3, -0.25) is 4.79 Å². The van der Waals surface area contributed by atoms with E-state index in [1.807, 2.05) is 18.4 Å². The number of hydrogen-bond acceptors (Lipinski definition) is 5. The highest BCUT2D eigenvalue weighted by Crippen LogP contribution is 2.20. The molecule has 0 spiro atoms. The van der Waals surface area contributed by atoms with Crippen LogP contribution in [0, 0.1) is 0 Å². The number of nitrogens with one attached hydrogen (secondary N) is 2. The SMILES string of the molecule is CCNC(=O)c1ccc(N)c(NCc2nncn2CC)c1. The molecule has 112 valence electrons. The number of anilines is 2. The quantitative estimate of drug-likeness (QED) is 0.695. The Morgan fingerprint density at radius 2 is 2.19 bits per heavy atom. The smallest absolute Gasteiger partial charge is 0.251 e. The van der Waals surface area contributed by atoms with Crippen molar-refractivity contribution in [3.8, 4) is 0 Å². The molecule has 0 atom stereocenters. The Morgan fingerprint density at radius 3 is 2.90 bits per heavy atom. The number of nitrogens with zero attached hydrogens (tertiary/aromatic N) is 3. The molecule has 7 nitrogen and oxygen atoms in total. The van der Waals surface area contributed by atoms with Crippen molar-refractivity contribution in [2.75, 3.05) is 17.6 Å². The van der Waals surface area contributed by atoms with Crippen LogP contribution in [0.5, 0.6) is 0 Å². The van der Waals surface area contributed by atoms with Gasteiger partial charge in [-0.15, -0.1) is 10.2 Å². The Labute approximate surface area is 123 Å². The van der Waals surface area contributed by atoms with Crippen LogP contribution in [0.25, 0.3) is 0 Å². The molecule has 0 aliphatic heterocycles. The molecule has 0 aliphatic rings. The van der Waals surface area contributed by atoms with Gasteiger partial charge in [0.1, 0.15) is 6.33 Å². The van der Waals surface area contributed by atoms with Gasteiger partial charge in [0.05, 0.1) is 17.9 Å². The van der Waals surface area contributed by atoms with Crippen molar-refractivity contribution in [1.82, 2.24) is 20.1 Å². The first-order valence-corrected chi connectivity index (χ1v) is 6.94. The molecule has 0 saturated carbocycles. The second-order valence-corrected chi connectivity index (χ2v) is 4.55. The molecule has 0 bridgehead atoms. The zero-order chi connectivity index (χ0) is 15.2. The molecule has 1 aromatic carbocycles. The summed E-state index contributed by atoms with van der Waals surface area (Å²) in [6, 6.07) is 5.17. The number of carbonyl (C=O) groups excluding carboxylic acids is 1. The van der Waals surface area contributed by atoms with Crippen LogP contribution >= 0.6 is 0 Å². The topological polar surface area (TPSA) is 97.9 Å². The van der Waals surface area contributed by atoms with E-state index in [0.717, 1.165) is 12.4 Å². The predicted molar refractivity (Wildman–Crippen MR) is 81.9 cm³/mol. The van der Waals surface area contributed by atoms with Crippen molar-refractivity contribution in [2.45, 2.75) is 26.9 Å². The maximum Gasteiger partial charge on any atom is 0.251 e. The molecule has 1 amide bonds. The average molecular weight is 288 g/mol. The number of aryl methyl sites for hydroxylation is 1. The summed E-state index contributed by atoms with van der Waals surface area (Å²) in [6.45, 7) is 5.80. The predicted octanol–water partition coefficient (Wildman–Crippen LogP) is 1.24. The van der Waals surface area contributed by atoms with Crippen LogP contribution < -0.4 is 16.4 Å². The standard InChI is InChI=1S/C14H20N6O/c1-3-16-14(21)10-5-6-11(15)12(7-10)17-8-13-19-18-9-20(13)4-2/h5-7,9,17H,3-4,8,15H2,1-2H3,(H,16,21). The molecule has 4 N–H and O–H groups in total. The lowest BCUT2D eigenvalue weighted by molar-refractivity contribution is 0.0956. The van der Waals surface area contributed by atoms with Crippen LogP contribution in [0.4, 0.5) is 11.4 Å². The molecule has 2 aromatic rings. The van der Waals surface area contributed by atoms with E-state index in [0.29, 0.717) is 30.0 Å². The normalized spacial score (nSPS) is 10.4. The molecular formula is C14H20N6O. The lowest BCUT2D eigenvalue weighted by Crippen LogP contribution is -2.22.